The van der Waals surface area contributed by atoms with Crippen molar-refractivity contribution in [3.63, 3.8) is 0 Å². The van der Waals surface area contributed by atoms with E-state index in [9.17, 15) is 14.4 Å². The van der Waals surface area contributed by atoms with Crippen molar-refractivity contribution in [1.82, 2.24) is 9.97 Å². The number of benzene rings is 1. The Kier molecular flexibility index (Phi) is 5.51. The lowest BCUT2D eigenvalue weighted by atomic mass is 10.1. The van der Waals surface area contributed by atoms with E-state index in [0.717, 1.165) is 5.56 Å². The van der Waals surface area contributed by atoms with Crippen molar-refractivity contribution in [2.75, 3.05) is 6.61 Å². The number of aromatic nitrogens is 2. The number of thiophene rings is 1. The maximum Gasteiger partial charge on any atom is 0.372 e. The molecule has 0 bridgehead atoms. The molecule has 0 radical (unpaired) electrons. The van der Waals surface area contributed by atoms with E-state index in [1.807, 2.05) is 0 Å². The molecule has 0 aliphatic carbocycles. The van der Waals surface area contributed by atoms with Crippen molar-refractivity contribution in [2.24, 2.45) is 0 Å². The molecule has 0 spiro atoms. The first-order valence-corrected chi connectivity index (χ1v) is 8.97. The van der Waals surface area contributed by atoms with Gasteiger partial charge in [-0.05, 0) is 24.6 Å². The van der Waals surface area contributed by atoms with Gasteiger partial charge in [-0.15, -0.1) is 11.3 Å². The number of fused-ring (bicyclic) bond motifs is 1. The van der Waals surface area contributed by atoms with Crippen LogP contribution in [0.3, 0.4) is 0 Å². The number of nitrogens with zero attached hydrogens (tertiary/aromatic N) is 1. The molecule has 0 atom stereocenters. The van der Waals surface area contributed by atoms with Crippen molar-refractivity contribution >= 4 is 33.5 Å². The largest absolute Gasteiger partial charge is 0.489 e. The molecular formula is C18H16N2O6S. The second-order valence-corrected chi connectivity index (χ2v) is 6.43. The Morgan fingerprint density at radius 1 is 1.26 bits per heavy atom. The number of hydrogen-bond acceptors (Lipinski definition) is 7. The second kappa shape index (κ2) is 8.00. The third kappa shape index (κ3) is 4.32. The van der Waals surface area contributed by atoms with Crippen LogP contribution in [0.4, 0.5) is 0 Å². The van der Waals surface area contributed by atoms with E-state index in [4.69, 9.17) is 14.6 Å². The van der Waals surface area contributed by atoms with E-state index in [0.29, 0.717) is 28.1 Å². The molecule has 9 heteroatoms. The molecular weight excluding hydrogens is 372 g/mol. The van der Waals surface area contributed by atoms with E-state index >= 15 is 0 Å². The number of carboxylic acids is 1. The molecule has 2 heterocycles. The monoisotopic (exact) mass is 388 g/mol. The van der Waals surface area contributed by atoms with Gasteiger partial charge in [0, 0.05) is 10.9 Å². The van der Waals surface area contributed by atoms with Crippen molar-refractivity contribution in [3.8, 4) is 5.75 Å². The number of hydrogen-bond donors (Lipinski definition) is 2. The van der Waals surface area contributed by atoms with E-state index in [1.54, 1.807) is 36.6 Å². The number of carbonyl (C=O) groups is 2. The third-order valence-electron chi connectivity index (χ3n) is 3.69. The summed E-state index contributed by atoms with van der Waals surface area (Å²) in [6.45, 7) is 2.23. The van der Waals surface area contributed by atoms with Gasteiger partial charge >= 0.3 is 11.9 Å². The first kappa shape index (κ1) is 18.6. The summed E-state index contributed by atoms with van der Waals surface area (Å²) >= 11 is 1.18. The minimum atomic E-state index is -1.29. The van der Waals surface area contributed by atoms with E-state index in [-0.39, 0.29) is 24.8 Å². The van der Waals surface area contributed by atoms with Crippen molar-refractivity contribution < 1.29 is 24.2 Å². The molecule has 140 valence electrons. The highest BCUT2D eigenvalue weighted by Gasteiger charge is 2.15. The topological polar surface area (TPSA) is 119 Å². The number of rotatable bonds is 7. The van der Waals surface area contributed by atoms with Crippen molar-refractivity contribution in [1.29, 1.82) is 0 Å². The number of carbonyl (C=O) groups excluding carboxylic acids is 1. The van der Waals surface area contributed by atoms with Crippen LogP contribution >= 0.6 is 11.3 Å². The number of H-pyrrole nitrogens is 1. The van der Waals surface area contributed by atoms with Gasteiger partial charge in [0.05, 0.1) is 18.4 Å². The van der Waals surface area contributed by atoms with Crippen LogP contribution in [0.1, 0.15) is 28.7 Å². The van der Waals surface area contributed by atoms with Crippen LogP contribution in [0.5, 0.6) is 5.75 Å². The van der Waals surface area contributed by atoms with Gasteiger partial charge in [-0.3, -0.25) is 9.59 Å². The molecule has 0 aliphatic rings. The lowest BCUT2D eigenvalue weighted by Gasteiger charge is -2.07. The van der Waals surface area contributed by atoms with Crippen molar-refractivity contribution in [2.45, 2.75) is 20.0 Å². The second-order valence-electron chi connectivity index (χ2n) is 5.58. The Bertz CT molecular complexity index is 1040. The van der Waals surface area contributed by atoms with Crippen LogP contribution in [0, 0.1) is 0 Å². The highest BCUT2D eigenvalue weighted by atomic mass is 32.1. The summed E-state index contributed by atoms with van der Waals surface area (Å²) in [7, 11) is 0. The summed E-state index contributed by atoms with van der Waals surface area (Å²) < 4.78 is 10.6. The molecule has 27 heavy (non-hydrogen) atoms. The number of nitrogens with one attached hydrogen (secondary N) is 1. The number of esters is 1. The fraction of sp³-hybridized carbons (Fsp3) is 0.222. The van der Waals surface area contributed by atoms with Gasteiger partial charge in [0.1, 0.15) is 17.2 Å². The molecule has 0 unspecified atom stereocenters. The average Bonchev–Trinajstić information content (AvgIpc) is 3.05. The maximum absolute atomic E-state index is 12.1. The highest BCUT2D eigenvalue weighted by Crippen LogP contribution is 2.23. The quantitative estimate of drug-likeness (QED) is 0.596. The summed E-state index contributed by atoms with van der Waals surface area (Å²) in [6, 6.07) is 7.00. The van der Waals surface area contributed by atoms with Gasteiger partial charge in [-0.25, -0.2) is 9.78 Å². The zero-order valence-corrected chi connectivity index (χ0v) is 15.2. The van der Waals surface area contributed by atoms with Crippen LogP contribution in [-0.4, -0.2) is 33.6 Å². The molecule has 0 fully saturated rings. The lowest BCUT2D eigenvalue weighted by Crippen LogP contribution is -2.15. The number of aromatic amines is 1. The van der Waals surface area contributed by atoms with Crippen LogP contribution in [0.25, 0.3) is 10.2 Å². The first-order chi connectivity index (χ1) is 13.0. The smallest absolute Gasteiger partial charge is 0.372 e. The minimum absolute atomic E-state index is 0.133. The van der Waals surface area contributed by atoms with Gasteiger partial charge < -0.3 is 19.6 Å². The Hall–Kier alpha value is -3.20. The van der Waals surface area contributed by atoms with Gasteiger partial charge in [-0.1, -0.05) is 12.1 Å². The molecule has 2 N–H and O–H groups in total. The molecule has 0 aliphatic heterocycles. The molecule has 0 saturated heterocycles. The highest BCUT2D eigenvalue weighted by molar-refractivity contribution is 7.16. The van der Waals surface area contributed by atoms with Gasteiger partial charge in [0.15, 0.2) is 0 Å². The molecule has 3 rings (SSSR count). The standard InChI is InChI=1S/C18H16N2O6S/c1-2-25-13(21)7-10-3-5-12(6-4-10)26-8-11-9-27-17-14(11)16(22)19-15(20-17)18(23)24/h3-6,9H,2,7-8H2,1H3,(H,23,24)(H,19,20,22). The predicted octanol–water partition coefficient (Wildman–Crippen LogP) is 2.37. The van der Waals surface area contributed by atoms with Crippen molar-refractivity contribution in [3.05, 3.63) is 57.0 Å². The third-order valence-corrected chi connectivity index (χ3v) is 4.62. The predicted molar refractivity (Wildman–Crippen MR) is 98.3 cm³/mol. The summed E-state index contributed by atoms with van der Waals surface area (Å²) in [6.07, 6.45) is 0.191. The molecule has 8 nitrogen and oxygen atoms in total. The lowest BCUT2D eigenvalue weighted by molar-refractivity contribution is -0.142. The van der Waals surface area contributed by atoms with Crippen LogP contribution in [0.15, 0.2) is 34.4 Å². The van der Waals surface area contributed by atoms with Gasteiger partial charge in [0.2, 0.25) is 5.82 Å². The Morgan fingerprint density at radius 3 is 2.67 bits per heavy atom. The molecule has 1 aromatic carbocycles. The van der Waals surface area contributed by atoms with Crippen LogP contribution < -0.4 is 10.3 Å². The van der Waals surface area contributed by atoms with Gasteiger partial charge in [0.25, 0.3) is 5.56 Å². The number of ether oxygens (including phenoxy) is 2. The van der Waals surface area contributed by atoms with E-state index in [2.05, 4.69) is 9.97 Å². The summed E-state index contributed by atoms with van der Waals surface area (Å²) in [5, 5.41) is 11.0. The number of carboxylic acid groups (broad SMARTS) is 1. The number of aromatic carboxylic acids is 1. The Balaban J connectivity index is 1.71. The van der Waals surface area contributed by atoms with E-state index in [1.165, 1.54) is 11.3 Å². The summed E-state index contributed by atoms with van der Waals surface area (Å²) in [5.74, 6) is -1.39. The SMILES string of the molecule is CCOC(=O)Cc1ccc(OCc2csc3nc(C(=O)O)[nH]c(=O)c23)cc1. The molecule has 2 aromatic heterocycles. The fourth-order valence-electron chi connectivity index (χ4n) is 2.46. The Morgan fingerprint density at radius 2 is 2.00 bits per heavy atom. The zero-order valence-electron chi connectivity index (χ0n) is 14.4. The summed E-state index contributed by atoms with van der Waals surface area (Å²) in [4.78, 5) is 41.1. The molecule has 3 aromatic rings. The van der Waals surface area contributed by atoms with Crippen LogP contribution in [0.2, 0.25) is 0 Å². The molecule has 0 saturated carbocycles. The maximum atomic E-state index is 12.1. The minimum Gasteiger partial charge on any atom is -0.489 e. The van der Waals surface area contributed by atoms with Gasteiger partial charge in [-0.2, -0.15) is 0 Å². The zero-order chi connectivity index (χ0) is 19.4. The average molecular weight is 388 g/mol. The van der Waals surface area contributed by atoms with Crippen LogP contribution in [-0.2, 0) is 22.6 Å². The summed E-state index contributed by atoms with van der Waals surface area (Å²) in [5.41, 5.74) is 0.918. The molecule has 0 amide bonds. The fourth-order valence-corrected chi connectivity index (χ4v) is 3.38. The first-order valence-electron chi connectivity index (χ1n) is 8.09. The normalized spacial score (nSPS) is 10.7. The Labute approximate surface area is 157 Å². The van der Waals surface area contributed by atoms with E-state index < -0.39 is 11.5 Å².